The number of hydrazone groups is 1. The molecule has 0 saturated carbocycles. The van der Waals surface area contributed by atoms with E-state index < -0.39 is 4.92 Å². The van der Waals surface area contributed by atoms with Crippen molar-refractivity contribution in [3.8, 4) is 11.3 Å². The van der Waals surface area contributed by atoms with E-state index in [1.807, 2.05) is 29.8 Å². The molecule has 0 aliphatic carbocycles. The van der Waals surface area contributed by atoms with E-state index >= 15 is 0 Å². The van der Waals surface area contributed by atoms with Crippen LogP contribution in [0.4, 0.5) is 10.8 Å². The number of benzene rings is 2. The quantitative estimate of drug-likeness (QED) is 0.388. The maximum absolute atomic E-state index is 10.9. The average Bonchev–Trinajstić information content (AvgIpc) is 3.11. The Bertz CT molecular complexity index is 893. The second kappa shape index (κ2) is 7.67. The van der Waals surface area contributed by atoms with Gasteiger partial charge in [-0.05, 0) is 5.56 Å². The Kier molecular flexibility index (Phi) is 5.15. The number of hydrogen-bond donors (Lipinski definition) is 1. The van der Waals surface area contributed by atoms with Crippen LogP contribution >= 0.6 is 11.3 Å². The molecule has 0 spiro atoms. The van der Waals surface area contributed by atoms with Crippen molar-refractivity contribution < 1.29 is 4.92 Å². The van der Waals surface area contributed by atoms with Gasteiger partial charge in [-0.25, -0.2) is 4.98 Å². The standard InChI is InChI=1S/C18H16N4O2S/c1-13(14-6-3-2-4-7-14)11-19-21-18-20-17(12-25-18)15-8-5-9-16(10-15)22(23)24/h2-13H,1H3,(H,20,21). The molecule has 2 aromatic carbocycles. The van der Waals surface area contributed by atoms with E-state index in [2.05, 4.69) is 34.6 Å². The van der Waals surface area contributed by atoms with Crippen LogP contribution in [0.2, 0.25) is 0 Å². The first-order valence-corrected chi connectivity index (χ1v) is 8.56. The highest BCUT2D eigenvalue weighted by Gasteiger charge is 2.09. The Hall–Kier alpha value is -3.06. The molecule has 6 nitrogen and oxygen atoms in total. The van der Waals surface area contributed by atoms with Crippen molar-refractivity contribution in [3.63, 3.8) is 0 Å². The molecule has 126 valence electrons. The molecule has 1 heterocycles. The molecule has 0 aliphatic rings. The van der Waals surface area contributed by atoms with Gasteiger partial charge in [0.05, 0.1) is 10.6 Å². The number of nitro benzene ring substituents is 1. The van der Waals surface area contributed by atoms with Gasteiger partial charge >= 0.3 is 0 Å². The largest absolute Gasteiger partial charge is 0.270 e. The number of aromatic nitrogens is 1. The first kappa shape index (κ1) is 16.8. The zero-order chi connectivity index (χ0) is 17.6. The summed E-state index contributed by atoms with van der Waals surface area (Å²) in [5.41, 5.74) is 5.54. The van der Waals surface area contributed by atoms with Crippen molar-refractivity contribution in [1.29, 1.82) is 0 Å². The summed E-state index contributed by atoms with van der Waals surface area (Å²) in [7, 11) is 0. The van der Waals surface area contributed by atoms with E-state index in [9.17, 15) is 10.1 Å². The molecule has 1 aromatic heterocycles. The molecule has 0 aliphatic heterocycles. The molecule has 0 amide bonds. The van der Waals surface area contributed by atoms with Crippen LogP contribution in [-0.4, -0.2) is 16.1 Å². The first-order valence-electron chi connectivity index (χ1n) is 7.68. The summed E-state index contributed by atoms with van der Waals surface area (Å²) in [5, 5.41) is 17.6. The van der Waals surface area contributed by atoms with Gasteiger partial charge in [0, 0.05) is 35.2 Å². The zero-order valence-electron chi connectivity index (χ0n) is 13.5. The fourth-order valence-corrected chi connectivity index (χ4v) is 2.95. The molecule has 0 fully saturated rings. The third kappa shape index (κ3) is 4.27. The lowest BCUT2D eigenvalue weighted by molar-refractivity contribution is -0.384. The number of nitrogens with one attached hydrogen (secondary N) is 1. The van der Waals surface area contributed by atoms with Crippen molar-refractivity contribution in [2.45, 2.75) is 12.8 Å². The van der Waals surface area contributed by atoms with Crippen LogP contribution in [0.5, 0.6) is 0 Å². The number of thiazole rings is 1. The summed E-state index contributed by atoms with van der Waals surface area (Å²) in [6, 6.07) is 16.5. The van der Waals surface area contributed by atoms with Gasteiger partial charge in [0.25, 0.3) is 5.69 Å². The van der Waals surface area contributed by atoms with Crippen LogP contribution in [0.1, 0.15) is 18.4 Å². The van der Waals surface area contributed by atoms with Gasteiger partial charge in [0.2, 0.25) is 5.13 Å². The van der Waals surface area contributed by atoms with E-state index in [1.54, 1.807) is 12.1 Å². The molecule has 1 atom stereocenters. The Balaban J connectivity index is 1.67. The van der Waals surface area contributed by atoms with Crippen molar-refractivity contribution in [2.24, 2.45) is 5.10 Å². The molecule has 25 heavy (non-hydrogen) atoms. The van der Waals surface area contributed by atoms with E-state index in [0.717, 1.165) is 0 Å². The highest BCUT2D eigenvalue weighted by molar-refractivity contribution is 7.14. The Morgan fingerprint density at radius 1 is 1.24 bits per heavy atom. The molecule has 0 saturated heterocycles. The minimum absolute atomic E-state index is 0.0507. The second-order valence-electron chi connectivity index (χ2n) is 5.43. The minimum Gasteiger partial charge on any atom is -0.258 e. The van der Waals surface area contributed by atoms with Crippen molar-refractivity contribution in [3.05, 3.63) is 75.7 Å². The number of hydrogen-bond acceptors (Lipinski definition) is 6. The second-order valence-corrected chi connectivity index (χ2v) is 6.29. The van der Waals surface area contributed by atoms with E-state index in [0.29, 0.717) is 16.4 Å². The summed E-state index contributed by atoms with van der Waals surface area (Å²) >= 11 is 1.40. The summed E-state index contributed by atoms with van der Waals surface area (Å²) in [6.45, 7) is 2.07. The van der Waals surface area contributed by atoms with Crippen molar-refractivity contribution in [1.82, 2.24) is 4.98 Å². The predicted molar refractivity (Wildman–Crippen MR) is 101 cm³/mol. The summed E-state index contributed by atoms with van der Waals surface area (Å²) in [4.78, 5) is 14.9. The maximum Gasteiger partial charge on any atom is 0.270 e. The predicted octanol–water partition coefficient (Wildman–Crippen LogP) is 4.92. The Labute approximate surface area is 149 Å². The summed E-state index contributed by atoms with van der Waals surface area (Å²) in [5.74, 6) is 0.185. The summed E-state index contributed by atoms with van der Waals surface area (Å²) in [6.07, 6.45) is 1.82. The average molecular weight is 352 g/mol. The smallest absolute Gasteiger partial charge is 0.258 e. The number of nitro groups is 1. The molecule has 3 rings (SSSR count). The van der Waals surface area contributed by atoms with Gasteiger partial charge in [0.1, 0.15) is 0 Å². The van der Waals surface area contributed by atoms with Crippen molar-refractivity contribution in [2.75, 3.05) is 5.43 Å². The number of rotatable bonds is 6. The molecule has 7 heteroatoms. The van der Waals surface area contributed by atoms with Crippen LogP contribution in [0.15, 0.2) is 65.1 Å². The highest BCUT2D eigenvalue weighted by Crippen LogP contribution is 2.27. The zero-order valence-corrected chi connectivity index (χ0v) is 14.3. The van der Waals surface area contributed by atoms with Gasteiger partial charge in [0.15, 0.2) is 0 Å². The van der Waals surface area contributed by atoms with Gasteiger partial charge in [-0.3, -0.25) is 15.5 Å². The molecule has 0 bridgehead atoms. The van der Waals surface area contributed by atoms with E-state index in [-0.39, 0.29) is 11.6 Å². The van der Waals surface area contributed by atoms with Crippen LogP contribution in [0, 0.1) is 10.1 Å². The highest BCUT2D eigenvalue weighted by atomic mass is 32.1. The van der Waals surface area contributed by atoms with Crippen LogP contribution in [0.3, 0.4) is 0 Å². The molecular weight excluding hydrogens is 336 g/mol. The van der Waals surface area contributed by atoms with E-state index in [4.69, 9.17) is 0 Å². The number of nitrogens with zero attached hydrogens (tertiary/aromatic N) is 3. The normalized spacial score (nSPS) is 12.2. The van der Waals surface area contributed by atoms with Crippen LogP contribution in [0.25, 0.3) is 11.3 Å². The van der Waals surface area contributed by atoms with Crippen molar-refractivity contribution >= 4 is 28.4 Å². The topological polar surface area (TPSA) is 80.4 Å². The lowest BCUT2D eigenvalue weighted by Crippen LogP contribution is -1.97. The lowest BCUT2D eigenvalue weighted by atomic mass is 10.0. The SMILES string of the molecule is CC(C=NNc1nc(-c2cccc([N+](=O)[O-])c2)cs1)c1ccccc1. The number of non-ortho nitro benzene ring substituents is 1. The molecular formula is C18H16N4O2S. The lowest BCUT2D eigenvalue weighted by Gasteiger charge is -2.04. The Morgan fingerprint density at radius 2 is 2.04 bits per heavy atom. The van der Waals surface area contributed by atoms with Gasteiger partial charge in [-0.1, -0.05) is 49.4 Å². The fourth-order valence-electron chi connectivity index (χ4n) is 2.28. The van der Waals surface area contributed by atoms with Gasteiger partial charge in [-0.15, -0.1) is 11.3 Å². The minimum atomic E-state index is -0.412. The molecule has 0 radical (unpaired) electrons. The first-order chi connectivity index (χ1) is 12.1. The fraction of sp³-hybridized carbons (Fsp3) is 0.111. The third-order valence-electron chi connectivity index (χ3n) is 3.64. The van der Waals surface area contributed by atoms with Gasteiger partial charge in [-0.2, -0.15) is 5.10 Å². The monoisotopic (exact) mass is 352 g/mol. The third-order valence-corrected chi connectivity index (χ3v) is 4.39. The van der Waals surface area contributed by atoms with E-state index in [1.165, 1.54) is 29.0 Å². The number of anilines is 1. The summed E-state index contributed by atoms with van der Waals surface area (Å²) < 4.78 is 0. The Morgan fingerprint density at radius 3 is 2.80 bits per heavy atom. The molecule has 3 aromatic rings. The molecule has 1 unspecified atom stereocenters. The van der Waals surface area contributed by atoms with Crippen LogP contribution < -0.4 is 5.43 Å². The maximum atomic E-state index is 10.9. The van der Waals surface area contributed by atoms with Gasteiger partial charge < -0.3 is 0 Å². The molecule has 1 N–H and O–H groups in total. The van der Waals surface area contributed by atoms with Crippen LogP contribution in [-0.2, 0) is 0 Å².